The second kappa shape index (κ2) is 8.20. The largest absolute Gasteiger partial charge is 0.355 e. The molecular formula is C20H24N6OS. The van der Waals surface area contributed by atoms with Crippen LogP contribution in [0.5, 0.6) is 0 Å². The highest BCUT2D eigenvalue weighted by Gasteiger charge is 2.24. The number of rotatable bonds is 5. The Morgan fingerprint density at radius 3 is 2.89 bits per heavy atom. The fraction of sp³-hybridized carbons (Fsp3) is 0.400. The normalized spacial score (nSPS) is 15.6. The number of carbonyl (C=O) groups is 1. The van der Waals surface area contributed by atoms with Gasteiger partial charge in [-0.1, -0.05) is 17.4 Å². The lowest BCUT2D eigenvalue weighted by atomic mass is 10.0. The van der Waals surface area contributed by atoms with Crippen LogP contribution in [-0.4, -0.2) is 58.7 Å². The highest BCUT2D eigenvalue weighted by atomic mass is 32.1. The average molecular weight is 397 g/mol. The fourth-order valence-electron chi connectivity index (χ4n) is 3.58. The zero-order valence-electron chi connectivity index (χ0n) is 16.1. The van der Waals surface area contributed by atoms with Crippen molar-refractivity contribution < 1.29 is 4.79 Å². The Labute approximate surface area is 168 Å². The van der Waals surface area contributed by atoms with Gasteiger partial charge in [-0.25, -0.2) is 4.98 Å². The van der Waals surface area contributed by atoms with Gasteiger partial charge in [0, 0.05) is 32.4 Å². The Kier molecular flexibility index (Phi) is 5.50. The van der Waals surface area contributed by atoms with Crippen molar-refractivity contribution in [2.75, 3.05) is 36.9 Å². The Morgan fingerprint density at radius 2 is 2.14 bits per heavy atom. The number of likely N-dealkylation sites (tertiary alicyclic amines) is 1. The minimum atomic E-state index is -0.00323. The fourth-order valence-corrected chi connectivity index (χ4v) is 4.56. The number of piperidine rings is 1. The topological polar surface area (TPSA) is 74.2 Å². The number of hydrogen-bond acceptors (Lipinski definition) is 7. The number of aromatic nitrogens is 3. The van der Waals surface area contributed by atoms with E-state index < -0.39 is 0 Å². The van der Waals surface area contributed by atoms with E-state index in [-0.39, 0.29) is 5.91 Å². The Balaban J connectivity index is 1.28. The summed E-state index contributed by atoms with van der Waals surface area (Å²) in [5.41, 5.74) is 2.13. The summed E-state index contributed by atoms with van der Waals surface area (Å²) in [7, 11) is 2.06. The zero-order chi connectivity index (χ0) is 19.5. The summed E-state index contributed by atoms with van der Waals surface area (Å²) in [4.78, 5) is 21.3. The maximum Gasteiger partial charge on any atom is 0.240 e. The molecule has 1 N–H and O–H groups in total. The molecular weight excluding hydrogens is 372 g/mol. The summed E-state index contributed by atoms with van der Waals surface area (Å²) >= 11 is 1.52. The van der Waals surface area contributed by atoms with Crippen LogP contribution in [0.25, 0.3) is 10.2 Å². The molecule has 0 unspecified atom stereocenters. The number of benzene rings is 1. The Hall–Kier alpha value is -2.58. The number of anilines is 2. The molecule has 0 bridgehead atoms. The van der Waals surface area contributed by atoms with Gasteiger partial charge in [-0.15, -0.1) is 5.10 Å². The first-order valence-corrected chi connectivity index (χ1v) is 10.3. The van der Waals surface area contributed by atoms with Crippen LogP contribution < -0.4 is 10.2 Å². The maximum atomic E-state index is 12.4. The monoisotopic (exact) mass is 396 g/mol. The molecule has 4 rings (SSSR count). The summed E-state index contributed by atoms with van der Waals surface area (Å²) in [5, 5.41) is 11.8. The molecule has 1 fully saturated rings. The summed E-state index contributed by atoms with van der Waals surface area (Å²) in [6.45, 7) is 4.24. The standard InChI is InChI=1S/C20H24N6OS/c1-14-5-6-16-17(12-14)28-20(22-16)23-19(27)13-26-10-7-15(8-11-26)25(2)18-4-3-9-21-24-18/h3-6,9,12,15H,7-8,10-11,13H2,1-2H3,(H,22,23,27). The first-order chi connectivity index (χ1) is 13.6. The number of nitrogens with zero attached hydrogens (tertiary/aromatic N) is 5. The molecule has 0 saturated carbocycles. The SMILES string of the molecule is Cc1ccc2nc(NC(=O)CN3CCC(N(C)c4cccnn4)CC3)sc2c1. The van der Waals surface area contributed by atoms with E-state index in [9.17, 15) is 4.79 Å². The van der Waals surface area contributed by atoms with Gasteiger partial charge in [0.15, 0.2) is 10.9 Å². The third kappa shape index (κ3) is 4.28. The van der Waals surface area contributed by atoms with Crippen LogP contribution >= 0.6 is 11.3 Å². The molecule has 0 radical (unpaired) electrons. The van der Waals surface area contributed by atoms with E-state index in [2.05, 4.69) is 50.3 Å². The summed E-state index contributed by atoms with van der Waals surface area (Å²) < 4.78 is 1.10. The van der Waals surface area contributed by atoms with Crippen LogP contribution in [0.2, 0.25) is 0 Å². The predicted octanol–water partition coefficient (Wildman–Crippen LogP) is 2.93. The lowest BCUT2D eigenvalue weighted by Gasteiger charge is -2.36. The highest BCUT2D eigenvalue weighted by molar-refractivity contribution is 7.22. The van der Waals surface area contributed by atoms with E-state index in [1.54, 1.807) is 6.20 Å². The van der Waals surface area contributed by atoms with E-state index >= 15 is 0 Å². The van der Waals surface area contributed by atoms with Crippen LogP contribution in [0.1, 0.15) is 18.4 Å². The maximum absolute atomic E-state index is 12.4. The molecule has 7 nitrogen and oxygen atoms in total. The molecule has 8 heteroatoms. The van der Waals surface area contributed by atoms with Crippen LogP contribution in [0, 0.1) is 6.92 Å². The van der Waals surface area contributed by atoms with Crippen molar-refractivity contribution in [1.29, 1.82) is 0 Å². The van der Waals surface area contributed by atoms with E-state index in [4.69, 9.17) is 0 Å². The molecule has 0 spiro atoms. The third-order valence-electron chi connectivity index (χ3n) is 5.18. The number of aryl methyl sites for hydroxylation is 1. The second-order valence-corrected chi connectivity index (χ2v) is 8.27. The van der Waals surface area contributed by atoms with Gasteiger partial charge in [-0.3, -0.25) is 9.69 Å². The van der Waals surface area contributed by atoms with Crippen LogP contribution in [0.4, 0.5) is 10.9 Å². The first-order valence-electron chi connectivity index (χ1n) is 9.48. The van der Waals surface area contributed by atoms with Gasteiger partial charge in [-0.2, -0.15) is 5.10 Å². The number of thiazole rings is 1. The molecule has 1 aromatic carbocycles. The molecule has 28 heavy (non-hydrogen) atoms. The molecule has 1 aliphatic rings. The number of nitrogens with one attached hydrogen (secondary N) is 1. The van der Waals surface area contributed by atoms with Crippen molar-refractivity contribution >= 4 is 38.4 Å². The minimum Gasteiger partial charge on any atom is -0.355 e. The van der Waals surface area contributed by atoms with Gasteiger partial charge < -0.3 is 10.2 Å². The van der Waals surface area contributed by atoms with Gasteiger partial charge in [0.05, 0.1) is 16.8 Å². The number of hydrogen-bond donors (Lipinski definition) is 1. The Bertz CT molecular complexity index is 952. The average Bonchev–Trinajstić information content (AvgIpc) is 3.09. The summed E-state index contributed by atoms with van der Waals surface area (Å²) in [5.74, 6) is 0.890. The number of carbonyl (C=O) groups excluding carboxylic acids is 1. The van der Waals surface area contributed by atoms with Crippen molar-refractivity contribution in [3.8, 4) is 0 Å². The molecule has 3 heterocycles. The van der Waals surface area contributed by atoms with E-state index in [1.807, 2.05) is 24.3 Å². The molecule has 1 saturated heterocycles. The molecule has 2 aromatic heterocycles. The zero-order valence-corrected chi connectivity index (χ0v) is 16.9. The van der Waals surface area contributed by atoms with E-state index in [0.29, 0.717) is 17.7 Å². The van der Waals surface area contributed by atoms with E-state index in [0.717, 1.165) is 42.0 Å². The van der Waals surface area contributed by atoms with Gasteiger partial charge in [0.25, 0.3) is 0 Å². The van der Waals surface area contributed by atoms with Crippen molar-refractivity contribution in [3.05, 3.63) is 42.1 Å². The van der Waals surface area contributed by atoms with Gasteiger partial charge >= 0.3 is 0 Å². The third-order valence-corrected chi connectivity index (χ3v) is 6.12. The minimum absolute atomic E-state index is 0.00323. The molecule has 1 amide bonds. The van der Waals surface area contributed by atoms with Gasteiger partial charge in [0.1, 0.15) is 0 Å². The number of amides is 1. The van der Waals surface area contributed by atoms with E-state index in [1.165, 1.54) is 16.9 Å². The van der Waals surface area contributed by atoms with Gasteiger partial charge in [-0.05, 0) is 49.6 Å². The molecule has 1 aliphatic heterocycles. The van der Waals surface area contributed by atoms with Crippen LogP contribution in [-0.2, 0) is 4.79 Å². The van der Waals surface area contributed by atoms with Crippen molar-refractivity contribution in [3.63, 3.8) is 0 Å². The highest BCUT2D eigenvalue weighted by Crippen LogP contribution is 2.26. The van der Waals surface area contributed by atoms with Crippen molar-refractivity contribution in [2.24, 2.45) is 0 Å². The summed E-state index contributed by atoms with van der Waals surface area (Å²) in [6, 6.07) is 10.4. The molecule has 0 atom stereocenters. The molecule has 146 valence electrons. The van der Waals surface area contributed by atoms with Crippen LogP contribution in [0.15, 0.2) is 36.5 Å². The summed E-state index contributed by atoms with van der Waals surface area (Å²) in [6.07, 6.45) is 3.69. The first kappa shape index (κ1) is 18.8. The lowest BCUT2D eigenvalue weighted by molar-refractivity contribution is -0.117. The predicted molar refractivity (Wildman–Crippen MR) is 113 cm³/mol. The second-order valence-electron chi connectivity index (χ2n) is 7.24. The van der Waals surface area contributed by atoms with Crippen molar-refractivity contribution in [2.45, 2.75) is 25.8 Å². The van der Waals surface area contributed by atoms with Gasteiger partial charge in [0.2, 0.25) is 5.91 Å². The Morgan fingerprint density at radius 1 is 1.32 bits per heavy atom. The lowest BCUT2D eigenvalue weighted by Crippen LogP contribution is -2.46. The quantitative estimate of drug-likeness (QED) is 0.715. The molecule has 3 aromatic rings. The smallest absolute Gasteiger partial charge is 0.240 e. The van der Waals surface area contributed by atoms with Crippen LogP contribution in [0.3, 0.4) is 0 Å². The number of fused-ring (bicyclic) bond motifs is 1. The molecule has 0 aliphatic carbocycles. The van der Waals surface area contributed by atoms with Crippen molar-refractivity contribution in [1.82, 2.24) is 20.1 Å².